The largest absolute Gasteiger partial charge is 0.417 e. The summed E-state index contributed by atoms with van der Waals surface area (Å²) in [6.45, 7) is -3.41. The summed E-state index contributed by atoms with van der Waals surface area (Å²) in [6, 6.07) is 0.416. The fraction of sp³-hybridized carbons (Fsp3) is 0.560. The third-order valence-electron chi connectivity index (χ3n) is 8.44. The third kappa shape index (κ3) is 5.83. The van der Waals surface area contributed by atoms with Gasteiger partial charge in [-0.3, -0.25) is 14.8 Å². The van der Waals surface area contributed by atoms with Crippen molar-refractivity contribution in [3.63, 3.8) is 0 Å². The van der Waals surface area contributed by atoms with Crippen LogP contribution in [0.5, 0.6) is 0 Å². The van der Waals surface area contributed by atoms with Gasteiger partial charge in [0.15, 0.2) is 11.4 Å². The van der Waals surface area contributed by atoms with E-state index in [1.54, 1.807) is 0 Å². The fourth-order valence-electron chi connectivity index (χ4n) is 5.85. The van der Waals surface area contributed by atoms with Gasteiger partial charge in [-0.05, 0) is 24.8 Å². The number of H-pyrrole nitrogens is 1. The number of nitrogens with one attached hydrogen (secondary N) is 2. The number of aromatic nitrogens is 5. The molecule has 1 spiro atoms. The molecule has 46 heavy (non-hydrogen) atoms. The number of halogens is 9. The highest BCUT2D eigenvalue weighted by atomic mass is 32.1. The number of thiocarbonyl (C=S) groups is 1. The normalized spacial score (nSPS) is 22.3. The maximum atomic E-state index is 13.4. The summed E-state index contributed by atoms with van der Waals surface area (Å²) >= 11 is 3.83. The van der Waals surface area contributed by atoms with Crippen LogP contribution in [0.15, 0.2) is 18.5 Å². The Morgan fingerprint density at radius 2 is 1.72 bits per heavy atom. The number of alkyl halides is 9. The molecule has 2 saturated heterocycles. The van der Waals surface area contributed by atoms with E-state index in [1.165, 1.54) is 17.2 Å². The Hall–Kier alpha value is -3.72. The summed E-state index contributed by atoms with van der Waals surface area (Å²) in [5.41, 5.74) is -1.35. The van der Waals surface area contributed by atoms with Gasteiger partial charge in [-0.2, -0.15) is 49.7 Å². The number of fused-ring (bicyclic) bond motifs is 1. The Balaban J connectivity index is 0.00000204. The van der Waals surface area contributed by atoms with Crippen LogP contribution in [0.25, 0.3) is 22.3 Å². The molecule has 1 saturated carbocycles. The standard InChI is InChI=1S/C24H24F9N9O2.CH2S/c25-22(26,27)11-42-15-5-13(35-6-12(15)17(39-42)40-9-20(34,10-40)23(28,29)30)16-14(7-36-38-16)37-18(43)41-4-3-21(44,24(31,32)33)8-19(41)1-2-19;1-2/h5-7,44H,1-4,8-11,34H2,(H,36,38)(H,37,43);1H2. The van der Waals surface area contributed by atoms with E-state index < -0.39 is 73.7 Å². The van der Waals surface area contributed by atoms with Gasteiger partial charge < -0.3 is 26.0 Å². The molecule has 0 radical (unpaired) electrons. The minimum atomic E-state index is -4.87. The van der Waals surface area contributed by atoms with Crippen molar-refractivity contribution in [3.8, 4) is 11.4 Å². The number of hydrogen-bond acceptors (Lipinski definition) is 8. The highest BCUT2D eigenvalue weighted by Gasteiger charge is 2.65. The first-order valence-electron chi connectivity index (χ1n) is 13.5. The molecular weight excluding hydrogens is 661 g/mol. The maximum Gasteiger partial charge on any atom is 0.417 e. The Morgan fingerprint density at radius 3 is 2.28 bits per heavy atom. The molecule has 5 N–H and O–H groups in total. The van der Waals surface area contributed by atoms with Gasteiger partial charge in [0.25, 0.3) is 0 Å². The highest BCUT2D eigenvalue weighted by Crippen LogP contribution is 2.55. The summed E-state index contributed by atoms with van der Waals surface area (Å²) in [6.07, 6.45) is -12.9. The lowest BCUT2D eigenvalue weighted by Crippen LogP contribution is -2.74. The summed E-state index contributed by atoms with van der Waals surface area (Å²) in [7, 11) is 0. The van der Waals surface area contributed by atoms with Crippen LogP contribution in [-0.4, -0.2) is 102 Å². The van der Waals surface area contributed by atoms with E-state index in [9.17, 15) is 49.4 Å². The Kier molecular flexibility index (Phi) is 7.99. The van der Waals surface area contributed by atoms with Crippen LogP contribution in [0.1, 0.15) is 25.7 Å². The number of nitrogens with two attached hydrogens (primary N) is 1. The monoisotopic (exact) mass is 687 g/mol. The average Bonchev–Trinajstić information content (AvgIpc) is 3.37. The summed E-state index contributed by atoms with van der Waals surface area (Å²) < 4.78 is 121. The molecule has 1 atom stereocenters. The number of rotatable bonds is 4. The SMILES string of the molecule is C=S.NC1(C(F)(F)F)CN(c2nn(CC(F)(F)F)c3cc(-c4[nH]ncc4NC(=O)N4CCC(O)(C(F)(F)F)CC45CC5)ncc23)C1. The molecule has 1 aliphatic carbocycles. The number of likely N-dealkylation sites (tertiary alicyclic amines) is 1. The molecule has 11 nitrogen and oxygen atoms in total. The molecule has 0 aromatic carbocycles. The second-order valence-corrected chi connectivity index (χ2v) is 11.6. The molecule has 3 aromatic heterocycles. The first kappa shape index (κ1) is 33.6. The maximum absolute atomic E-state index is 13.4. The lowest BCUT2D eigenvalue weighted by atomic mass is 9.84. The molecule has 21 heteroatoms. The first-order chi connectivity index (χ1) is 21.2. The molecule has 252 valence electrons. The topological polar surface area (TPSA) is 141 Å². The number of amides is 2. The van der Waals surface area contributed by atoms with Gasteiger partial charge in [-0.15, -0.1) is 0 Å². The zero-order valence-electron chi connectivity index (χ0n) is 23.5. The lowest BCUT2D eigenvalue weighted by molar-refractivity contribution is -0.277. The van der Waals surface area contributed by atoms with Crippen LogP contribution in [0.4, 0.5) is 55.8 Å². The van der Waals surface area contributed by atoms with Crippen LogP contribution in [0, 0.1) is 0 Å². The Morgan fingerprint density at radius 1 is 1.07 bits per heavy atom. The number of aliphatic hydroxyl groups is 1. The van der Waals surface area contributed by atoms with Gasteiger partial charge in [0.05, 0.1) is 28.5 Å². The van der Waals surface area contributed by atoms with Gasteiger partial charge in [-0.1, -0.05) is 12.2 Å². The molecule has 2 aliphatic heterocycles. The number of hydrogen-bond donors (Lipinski definition) is 4. The van der Waals surface area contributed by atoms with Crippen molar-refractivity contribution < 1.29 is 49.4 Å². The average molecular weight is 688 g/mol. The quantitative estimate of drug-likeness (QED) is 0.232. The van der Waals surface area contributed by atoms with Crippen molar-refractivity contribution in [3.05, 3.63) is 18.5 Å². The number of piperidine rings is 1. The number of carbonyl (C=O) groups is 1. The molecule has 3 aromatic rings. The number of nitrogens with zero attached hydrogens (tertiary/aromatic N) is 6. The molecule has 5 heterocycles. The number of urea groups is 1. The van der Waals surface area contributed by atoms with E-state index in [1.807, 2.05) is 0 Å². The van der Waals surface area contributed by atoms with Gasteiger partial charge in [0.1, 0.15) is 17.8 Å². The molecule has 0 bridgehead atoms. The zero-order chi connectivity index (χ0) is 34.1. The van der Waals surface area contributed by atoms with Gasteiger partial charge in [-0.25, -0.2) is 4.79 Å². The van der Waals surface area contributed by atoms with Crippen LogP contribution in [-0.2, 0) is 6.54 Å². The van der Waals surface area contributed by atoms with Gasteiger partial charge >= 0.3 is 24.6 Å². The smallest absolute Gasteiger partial charge is 0.380 e. The van der Waals surface area contributed by atoms with E-state index >= 15 is 0 Å². The van der Waals surface area contributed by atoms with E-state index in [0.29, 0.717) is 4.68 Å². The second-order valence-electron chi connectivity index (χ2n) is 11.6. The number of pyridine rings is 1. The number of anilines is 2. The van der Waals surface area contributed by atoms with Crippen LogP contribution in [0.3, 0.4) is 0 Å². The molecular formula is C25H26F9N9O2S. The van der Waals surface area contributed by atoms with Crippen molar-refractivity contribution in [1.82, 2.24) is 29.9 Å². The van der Waals surface area contributed by atoms with Gasteiger partial charge in [0.2, 0.25) is 0 Å². The zero-order valence-corrected chi connectivity index (χ0v) is 24.3. The summed E-state index contributed by atoms with van der Waals surface area (Å²) in [5.74, 6) is 2.66. The lowest BCUT2D eigenvalue weighted by Gasteiger charge is -2.48. The summed E-state index contributed by atoms with van der Waals surface area (Å²) in [5, 5.41) is 23.1. The Bertz CT molecular complexity index is 1630. The molecule has 3 fully saturated rings. The molecule has 3 aliphatic rings. The van der Waals surface area contributed by atoms with Crippen LogP contribution >= 0.6 is 12.2 Å². The van der Waals surface area contributed by atoms with Crippen molar-refractivity contribution in [1.29, 1.82) is 0 Å². The van der Waals surface area contributed by atoms with Crippen LogP contribution < -0.4 is 16.0 Å². The van der Waals surface area contributed by atoms with E-state index in [4.69, 9.17) is 5.73 Å². The fourth-order valence-corrected chi connectivity index (χ4v) is 5.85. The first-order valence-corrected chi connectivity index (χ1v) is 14.1. The highest BCUT2D eigenvalue weighted by molar-refractivity contribution is 7.77. The molecule has 2 amide bonds. The van der Waals surface area contributed by atoms with Gasteiger partial charge in [0, 0.05) is 44.2 Å². The second kappa shape index (κ2) is 10.9. The Labute approximate surface area is 258 Å². The van der Waals surface area contributed by atoms with E-state index in [2.05, 4.69) is 43.7 Å². The van der Waals surface area contributed by atoms with Crippen molar-refractivity contribution in [2.75, 3.05) is 29.9 Å². The third-order valence-corrected chi connectivity index (χ3v) is 8.44. The predicted molar refractivity (Wildman–Crippen MR) is 149 cm³/mol. The van der Waals surface area contributed by atoms with Crippen molar-refractivity contribution in [2.24, 2.45) is 5.73 Å². The minimum Gasteiger partial charge on any atom is -0.380 e. The number of aromatic amines is 1. The molecule has 1 unspecified atom stereocenters. The van der Waals surface area contributed by atoms with Crippen molar-refractivity contribution >= 4 is 46.5 Å². The summed E-state index contributed by atoms with van der Waals surface area (Å²) in [4.78, 5) is 19.7. The van der Waals surface area contributed by atoms with Crippen molar-refractivity contribution in [2.45, 2.75) is 67.4 Å². The van der Waals surface area contributed by atoms with Crippen LogP contribution in [0.2, 0.25) is 0 Å². The van der Waals surface area contributed by atoms with E-state index in [0.717, 1.165) is 11.1 Å². The number of carbonyl (C=O) groups excluding carboxylic acids is 1. The minimum absolute atomic E-state index is 0.0113. The molecule has 6 rings (SSSR count). The predicted octanol–water partition coefficient (Wildman–Crippen LogP) is 4.53. The van der Waals surface area contributed by atoms with E-state index in [-0.39, 0.29) is 53.2 Å².